The summed E-state index contributed by atoms with van der Waals surface area (Å²) >= 11 is 1.28. The first-order valence-corrected chi connectivity index (χ1v) is 11.0. The Labute approximate surface area is 195 Å². The fraction of sp³-hybridized carbons (Fsp3) is 0.174. The van der Waals surface area contributed by atoms with Gasteiger partial charge < -0.3 is 19.5 Å². The van der Waals surface area contributed by atoms with E-state index in [4.69, 9.17) is 14.2 Å². The highest BCUT2D eigenvalue weighted by Crippen LogP contribution is 2.30. The Morgan fingerprint density at radius 2 is 1.64 bits per heavy atom. The third-order valence-corrected chi connectivity index (χ3v) is 5.71. The number of aromatic nitrogens is 4. The first-order chi connectivity index (χ1) is 16.1. The summed E-state index contributed by atoms with van der Waals surface area (Å²) in [6, 6.07) is 16.6. The predicted molar refractivity (Wildman–Crippen MR) is 126 cm³/mol. The maximum absolute atomic E-state index is 12.7. The zero-order valence-electron chi connectivity index (χ0n) is 18.4. The zero-order chi connectivity index (χ0) is 23.2. The second-order valence-corrected chi connectivity index (χ2v) is 7.76. The molecule has 2 heterocycles. The standard InChI is InChI=1S/C23H23N5O4S/c1-30-17-8-6-16(7-9-17)22-25-26-23(28(22)27-12-4-5-13-27)33-15-21(29)24-19-14-18(31-2)10-11-20(19)32-3/h4-14H,15H2,1-3H3,(H,24,29). The fourth-order valence-corrected chi connectivity index (χ4v) is 3.90. The van der Waals surface area contributed by atoms with Crippen LogP contribution in [0.5, 0.6) is 17.2 Å². The average Bonchev–Trinajstić information content (AvgIpc) is 3.52. The van der Waals surface area contributed by atoms with Crippen molar-refractivity contribution >= 4 is 23.4 Å². The van der Waals surface area contributed by atoms with E-state index >= 15 is 0 Å². The number of carbonyl (C=O) groups excluding carboxylic acids is 1. The minimum absolute atomic E-state index is 0.127. The van der Waals surface area contributed by atoms with Gasteiger partial charge in [-0.25, -0.2) is 4.68 Å². The van der Waals surface area contributed by atoms with Crippen LogP contribution in [0, 0.1) is 0 Å². The maximum Gasteiger partial charge on any atom is 0.234 e. The van der Waals surface area contributed by atoms with E-state index in [0.717, 1.165) is 11.3 Å². The van der Waals surface area contributed by atoms with Gasteiger partial charge in [0.25, 0.3) is 0 Å². The van der Waals surface area contributed by atoms with Gasteiger partial charge in [-0.1, -0.05) is 11.8 Å². The van der Waals surface area contributed by atoms with Crippen molar-refractivity contribution in [3.8, 4) is 28.6 Å². The summed E-state index contributed by atoms with van der Waals surface area (Å²) in [7, 11) is 4.74. The molecule has 9 nitrogen and oxygen atoms in total. The molecule has 170 valence electrons. The molecule has 0 saturated carbocycles. The van der Waals surface area contributed by atoms with Crippen molar-refractivity contribution in [2.24, 2.45) is 0 Å². The second-order valence-electron chi connectivity index (χ2n) is 6.81. The van der Waals surface area contributed by atoms with Crippen molar-refractivity contribution in [2.45, 2.75) is 5.16 Å². The monoisotopic (exact) mass is 465 g/mol. The predicted octanol–water partition coefficient (Wildman–Crippen LogP) is 3.81. The number of thioether (sulfide) groups is 1. The number of nitrogens with one attached hydrogen (secondary N) is 1. The van der Waals surface area contributed by atoms with E-state index in [1.54, 1.807) is 39.5 Å². The maximum atomic E-state index is 12.7. The van der Waals surface area contributed by atoms with Crippen LogP contribution in [0.3, 0.4) is 0 Å². The number of ether oxygens (including phenoxy) is 3. The van der Waals surface area contributed by atoms with Gasteiger partial charge in [0.2, 0.25) is 11.1 Å². The molecule has 2 aromatic heterocycles. The molecule has 0 aliphatic carbocycles. The van der Waals surface area contributed by atoms with Gasteiger partial charge in [-0.15, -0.1) is 10.2 Å². The Balaban J connectivity index is 1.55. The Bertz CT molecular complexity index is 1220. The summed E-state index contributed by atoms with van der Waals surface area (Å²) in [5, 5.41) is 12.1. The van der Waals surface area contributed by atoms with Gasteiger partial charge in [-0.3, -0.25) is 9.47 Å². The molecular formula is C23H23N5O4S. The Kier molecular flexibility index (Phi) is 6.84. The third-order valence-electron chi connectivity index (χ3n) is 4.79. The summed E-state index contributed by atoms with van der Waals surface area (Å²) in [5.41, 5.74) is 1.41. The van der Waals surface area contributed by atoms with Crippen molar-refractivity contribution in [1.82, 2.24) is 19.5 Å². The molecule has 10 heteroatoms. The average molecular weight is 466 g/mol. The van der Waals surface area contributed by atoms with Crippen LogP contribution in [0.15, 0.2) is 72.1 Å². The van der Waals surface area contributed by atoms with Crippen LogP contribution >= 0.6 is 11.8 Å². The van der Waals surface area contributed by atoms with E-state index in [1.807, 2.05) is 58.1 Å². The molecule has 4 aromatic rings. The van der Waals surface area contributed by atoms with Crippen LogP contribution < -0.4 is 19.5 Å². The van der Waals surface area contributed by atoms with E-state index in [1.165, 1.54) is 11.8 Å². The number of rotatable bonds is 9. The lowest BCUT2D eigenvalue weighted by Crippen LogP contribution is -2.16. The first kappa shape index (κ1) is 22.3. The number of anilines is 1. The third kappa shape index (κ3) is 4.96. The minimum Gasteiger partial charge on any atom is -0.497 e. The summed E-state index contributed by atoms with van der Waals surface area (Å²) in [4.78, 5) is 12.7. The molecule has 0 saturated heterocycles. The summed E-state index contributed by atoms with van der Waals surface area (Å²) < 4.78 is 19.5. The Morgan fingerprint density at radius 1 is 0.939 bits per heavy atom. The molecule has 0 atom stereocenters. The van der Waals surface area contributed by atoms with Crippen LogP contribution in [0.25, 0.3) is 11.4 Å². The number of hydrogen-bond donors (Lipinski definition) is 1. The van der Waals surface area contributed by atoms with Crippen molar-refractivity contribution in [3.05, 3.63) is 67.0 Å². The number of benzene rings is 2. The molecule has 0 bridgehead atoms. The van der Waals surface area contributed by atoms with Gasteiger partial charge >= 0.3 is 0 Å². The van der Waals surface area contributed by atoms with Crippen LogP contribution in [0.4, 0.5) is 5.69 Å². The molecule has 1 amide bonds. The lowest BCUT2D eigenvalue weighted by atomic mass is 10.2. The van der Waals surface area contributed by atoms with Gasteiger partial charge in [-0.2, -0.15) is 0 Å². The normalized spacial score (nSPS) is 10.6. The molecule has 0 unspecified atom stereocenters. The van der Waals surface area contributed by atoms with Gasteiger partial charge in [0.05, 0.1) is 32.8 Å². The van der Waals surface area contributed by atoms with Crippen LogP contribution in [0.2, 0.25) is 0 Å². The smallest absolute Gasteiger partial charge is 0.234 e. The molecule has 1 N–H and O–H groups in total. The molecular weight excluding hydrogens is 442 g/mol. The van der Waals surface area contributed by atoms with E-state index in [-0.39, 0.29) is 11.7 Å². The Hall–Kier alpha value is -3.92. The number of hydrogen-bond acceptors (Lipinski definition) is 7. The number of carbonyl (C=O) groups is 1. The largest absolute Gasteiger partial charge is 0.497 e. The van der Waals surface area contributed by atoms with Gasteiger partial charge in [-0.05, 0) is 48.5 Å². The van der Waals surface area contributed by atoms with Gasteiger partial charge in [0.15, 0.2) is 5.82 Å². The highest BCUT2D eigenvalue weighted by molar-refractivity contribution is 7.99. The van der Waals surface area contributed by atoms with Crippen LogP contribution in [-0.2, 0) is 4.79 Å². The quantitative estimate of drug-likeness (QED) is 0.376. The molecule has 0 radical (unpaired) electrons. The first-order valence-electron chi connectivity index (χ1n) is 10.0. The summed E-state index contributed by atoms with van der Waals surface area (Å²) in [6.45, 7) is 0. The SMILES string of the molecule is COc1ccc(-c2nnc(SCC(=O)Nc3cc(OC)ccc3OC)n2-n2cccc2)cc1. The lowest BCUT2D eigenvalue weighted by Gasteiger charge is -2.13. The highest BCUT2D eigenvalue weighted by Gasteiger charge is 2.18. The van der Waals surface area contributed by atoms with Crippen LogP contribution in [0.1, 0.15) is 0 Å². The van der Waals surface area contributed by atoms with Crippen molar-refractivity contribution in [3.63, 3.8) is 0 Å². The van der Waals surface area contributed by atoms with Gasteiger partial charge in [0.1, 0.15) is 17.2 Å². The fourth-order valence-electron chi connectivity index (χ4n) is 3.17. The summed E-state index contributed by atoms with van der Waals surface area (Å²) in [6.07, 6.45) is 3.78. The Morgan fingerprint density at radius 3 is 2.30 bits per heavy atom. The number of amides is 1. The van der Waals surface area contributed by atoms with Crippen molar-refractivity contribution < 1.29 is 19.0 Å². The number of methoxy groups -OCH3 is 3. The van der Waals surface area contributed by atoms with E-state index in [9.17, 15) is 4.79 Å². The molecule has 2 aromatic carbocycles. The van der Waals surface area contributed by atoms with Gasteiger partial charge in [0, 0.05) is 24.0 Å². The van der Waals surface area contributed by atoms with Crippen LogP contribution in [-0.4, -0.2) is 52.5 Å². The molecule has 0 aliphatic rings. The molecule has 0 spiro atoms. The van der Waals surface area contributed by atoms with E-state index in [0.29, 0.717) is 28.2 Å². The lowest BCUT2D eigenvalue weighted by molar-refractivity contribution is -0.113. The van der Waals surface area contributed by atoms with E-state index in [2.05, 4.69) is 15.5 Å². The van der Waals surface area contributed by atoms with E-state index < -0.39 is 0 Å². The number of nitrogens with zero attached hydrogens (tertiary/aromatic N) is 4. The van der Waals surface area contributed by atoms with Crippen molar-refractivity contribution in [2.75, 3.05) is 32.4 Å². The summed E-state index contributed by atoms with van der Waals surface area (Å²) in [5.74, 6) is 2.49. The molecule has 0 fully saturated rings. The highest BCUT2D eigenvalue weighted by atomic mass is 32.2. The minimum atomic E-state index is -0.209. The molecule has 33 heavy (non-hydrogen) atoms. The molecule has 4 rings (SSSR count). The molecule has 0 aliphatic heterocycles. The zero-order valence-corrected chi connectivity index (χ0v) is 19.2. The second kappa shape index (κ2) is 10.1. The topological polar surface area (TPSA) is 92.4 Å². The van der Waals surface area contributed by atoms with Crippen molar-refractivity contribution in [1.29, 1.82) is 0 Å².